The molecule has 4 heteroatoms. The lowest BCUT2D eigenvalue weighted by atomic mass is 10.0. The van der Waals surface area contributed by atoms with Gasteiger partial charge in [-0.1, -0.05) is 23.7 Å². The summed E-state index contributed by atoms with van der Waals surface area (Å²) in [6.45, 7) is 5.05. The van der Waals surface area contributed by atoms with Crippen LogP contribution in [0.25, 0.3) is 0 Å². The van der Waals surface area contributed by atoms with E-state index in [4.69, 9.17) is 11.6 Å². The van der Waals surface area contributed by atoms with Crippen LogP contribution in [0.4, 0.5) is 0 Å². The second-order valence-corrected chi connectivity index (χ2v) is 5.13. The smallest absolute Gasteiger partial charge is 0.0596 e. The Balaban J connectivity index is 2.21. The minimum atomic E-state index is 0.277. The molecule has 1 N–H and O–H groups in total. The van der Waals surface area contributed by atoms with Gasteiger partial charge in [0.2, 0.25) is 0 Å². The molecule has 0 aliphatic heterocycles. The van der Waals surface area contributed by atoms with Gasteiger partial charge in [-0.15, -0.1) is 0 Å². The van der Waals surface area contributed by atoms with E-state index in [1.165, 1.54) is 11.3 Å². The largest absolute Gasteiger partial charge is 0.313 e. The van der Waals surface area contributed by atoms with Crippen molar-refractivity contribution in [3.8, 4) is 0 Å². The van der Waals surface area contributed by atoms with E-state index >= 15 is 0 Å². The standard InChI is InChI=1S/C15H20ClN3/c1-4-19-14(9-11(2)18-19)10-15(17-3)12-5-7-13(16)8-6-12/h5-9,15,17H,4,10H2,1-3H3. The molecule has 0 spiro atoms. The molecule has 1 aromatic carbocycles. The molecular weight excluding hydrogens is 258 g/mol. The average molecular weight is 278 g/mol. The molecule has 2 aromatic rings. The van der Waals surface area contributed by atoms with Crippen LogP contribution < -0.4 is 5.32 Å². The molecule has 0 aliphatic rings. The third-order valence-electron chi connectivity index (χ3n) is 3.32. The van der Waals surface area contributed by atoms with Gasteiger partial charge in [-0.3, -0.25) is 4.68 Å². The quantitative estimate of drug-likeness (QED) is 0.908. The number of nitrogens with zero attached hydrogens (tertiary/aromatic N) is 2. The summed E-state index contributed by atoms with van der Waals surface area (Å²) in [6, 6.07) is 10.4. The Morgan fingerprint density at radius 2 is 2.00 bits per heavy atom. The van der Waals surface area contributed by atoms with E-state index in [2.05, 4.69) is 40.2 Å². The first-order chi connectivity index (χ1) is 9.13. The topological polar surface area (TPSA) is 29.9 Å². The number of rotatable bonds is 5. The molecule has 0 aliphatic carbocycles. The van der Waals surface area contributed by atoms with Crippen molar-refractivity contribution >= 4 is 11.6 Å². The minimum absolute atomic E-state index is 0.277. The molecule has 102 valence electrons. The van der Waals surface area contributed by atoms with E-state index in [1.807, 2.05) is 26.1 Å². The van der Waals surface area contributed by atoms with Crippen LogP contribution in [0.5, 0.6) is 0 Å². The predicted octanol–water partition coefficient (Wildman–Crippen LogP) is 3.37. The average Bonchev–Trinajstić information content (AvgIpc) is 2.77. The maximum absolute atomic E-state index is 5.94. The summed E-state index contributed by atoms with van der Waals surface area (Å²) in [5.74, 6) is 0. The van der Waals surface area contributed by atoms with E-state index in [0.717, 1.165) is 23.7 Å². The van der Waals surface area contributed by atoms with Gasteiger partial charge in [-0.05, 0) is 44.7 Å². The number of halogens is 1. The Morgan fingerprint density at radius 1 is 1.32 bits per heavy atom. The molecule has 3 nitrogen and oxygen atoms in total. The number of benzene rings is 1. The summed E-state index contributed by atoms with van der Waals surface area (Å²) in [7, 11) is 1.98. The molecule has 0 radical (unpaired) electrons. The fraction of sp³-hybridized carbons (Fsp3) is 0.400. The summed E-state index contributed by atoms with van der Waals surface area (Å²) in [4.78, 5) is 0. The van der Waals surface area contributed by atoms with Crippen LogP contribution >= 0.6 is 11.6 Å². The Hall–Kier alpha value is -1.32. The zero-order valence-electron chi connectivity index (χ0n) is 11.7. The van der Waals surface area contributed by atoms with E-state index in [1.54, 1.807) is 0 Å². The monoisotopic (exact) mass is 277 g/mol. The first-order valence-corrected chi connectivity index (χ1v) is 6.98. The van der Waals surface area contributed by atoms with Crippen LogP contribution in [-0.2, 0) is 13.0 Å². The maximum Gasteiger partial charge on any atom is 0.0596 e. The lowest BCUT2D eigenvalue weighted by Gasteiger charge is -2.17. The number of aryl methyl sites for hydroxylation is 2. The van der Waals surface area contributed by atoms with Gasteiger partial charge in [0.05, 0.1) is 5.69 Å². The van der Waals surface area contributed by atoms with E-state index in [0.29, 0.717) is 0 Å². The van der Waals surface area contributed by atoms with Crippen molar-refractivity contribution in [1.29, 1.82) is 0 Å². The highest BCUT2D eigenvalue weighted by Crippen LogP contribution is 2.20. The Kier molecular flexibility index (Phi) is 4.61. The number of hydrogen-bond donors (Lipinski definition) is 1. The van der Waals surface area contributed by atoms with Gasteiger partial charge in [0.15, 0.2) is 0 Å². The molecular formula is C15H20ClN3. The molecule has 0 saturated heterocycles. The number of aromatic nitrogens is 2. The highest BCUT2D eigenvalue weighted by Gasteiger charge is 2.13. The molecule has 1 atom stereocenters. The number of likely N-dealkylation sites (N-methyl/N-ethyl adjacent to an activating group) is 1. The Morgan fingerprint density at radius 3 is 2.58 bits per heavy atom. The molecule has 0 saturated carbocycles. The molecule has 19 heavy (non-hydrogen) atoms. The van der Waals surface area contributed by atoms with Gasteiger partial charge < -0.3 is 5.32 Å². The van der Waals surface area contributed by atoms with Gasteiger partial charge in [-0.2, -0.15) is 5.10 Å². The van der Waals surface area contributed by atoms with Crippen molar-refractivity contribution < 1.29 is 0 Å². The van der Waals surface area contributed by atoms with Gasteiger partial charge in [0.25, 0.3) is 0 Å². The van der Waals surface area contributed by atoms with Crippen LogP contribution in [0, 0.1) is 6.92 Å². The summed E-state index contributed by atoms with van der Waals surface area (Å²) < 4.78 is 2.07. The van der Waals surface area contributed by atoms with Crippen molar-refractivity contribution in [1.82, 2.24) is 15.1 Å². The van der Waals surface area contributed by atoms with Crippen LogP contribution in [0.1, 0.15) is 29.9 Å². The summed E-state index contributed by atoms with van der Waals surface area (Å²) in [6.07, 6.45) is 0.923. The first-order valence-electron chi connectivity index (χ1n) is 6.60. The second kappa shape index (κ2) is 6.22. The van der Waals surface area contributed by atoms with Crippen LogP contribution in [-0.4, -0.2) is 16.8 Å². The lowest BCUT2D eigenvalue weighted by Crippen LogP contribution is -2.20. The van der Waals surface area contributed by atoms with Gasteiger partial charge in [0.1, 0.15) is 0 Å². The zero-order valence-corrected chi connectivity index (χ0v) is 12.4. The fourth-order valence-electron chi connectivity index (χ4n) is 2.33. The summed E-state index contributed by atoms with van der Waals surface area (Å²) in [5, 5.41) is 8.63. The zero-order chi connectivity index (χ0) is 13.8. The number of hydrogen-bond acceptors (Lipinski definition) is 2. The molecule has 0 fully saturated rings. The predicted molar refractivity (Wildman–Crippen MR) is 79.6 cm³/mol. The van der Waals surface area contributed by atoms with Crippen molar-refractivity contribution in [2.24, 2.45) is 0 Å². The third-order valence-corrected chi connectivity index (χ3v) is 3.57. The molecule has 1 unspecified atom stereocenters. The Labute approximate surface area is 119 Å². The van der Waals surface area contributed by atoms with E-state index in [9.17, 15) is 0 Å². The normalized spacial score (nSPS) is 12.6. The second-order valence-electron chi connectivity index (χ2n) is 4.69. The maximum atomic E-state index is 5.94. The van der Waals surface area contributed by atoms with Gasteiger partial charge in [-0.25, -0.2) is 0 Å². The van der Waals surface area contributed by atoms with Crippen molar-refractivity contribution in [2.45, 2.75) is 32.9 Å². The van der Waals surface area contributed by atoms with Gasteiger partial charge in [0, 0.05) is 29.7 Å². The summed E-state index contributed by atoms with van der Waals surface area (Å²) in [5.41, 5.74) is 3.57. The number of nitrogens with one attached hydrogen (secondary N) is 1. The molecule has 1 aromatic heterocycles. The van der Waals surface area contributed by atoms with Crippen molar-refractivity contribution in [2.75, 3.05) is 7.05 Å². The highest BCUT2D eigenvalue weighted by atomic mass is 35.5. The van der Waals surface area contributed by atoms with Crippen LogP contribution in [0.15, 0.2) is 30.3 Å². The van der Waals surface area contributed by atoms with E-state index in [-0.39, 0.29) is 6.04 Å². The van der Waals surface area contributed by atoms with Crippen LogP contribution in [0.3, 0.4) is 0 Å². The molecule has 0 amide bonds. The molecule has 1 heterocycles. The minimum Gasteiger partial charge on any atom is -0.313 e. The third kappa shape index (κ3) is 3.37. The lowest BCUT2D eigenvalue weighted by molar-refractivity contribution is 0.541. The van der Waals surface area contributed by atoms with Crippen molar-refractivity contribution in [3.05, 3.63) is 52.3 Å². The Bertz CT molecular complexity index is 531. The van der Waals surface area contributed by atoms with Gasteiger partial charge >= 0.3 is 0 Å². The summed E-state index contributed by atoms with van der Waals surface area (Å²) >= 11 is 5.94. The molecule has 0 bridgehead atoms. The first kappa shape index (κ1) is 14.1. The molecule has 2 rings (SSSR count). The van der Waals surface area contributed by atoms with E-state index < -0.39 is 0 Å². The van der Waals surface area contributed by atoms with Crippen molar-refractivity contribution in [3.63, 3.8) is 0 Å². The van der Waals surface area contributed by atoms with Crippen LogP contribution in [0.2, 0.25) is 5.02 Å². The SMILES string of the molecule is CCn1nc(C)cc1CC(NC)c1ccc(Cl)cc1. The fourth-order valence-corrected chi connectivity index (χ4v) is 2.45. The highest BCUT2D eigenvalue weighted by molar-refractivity contribution is 6.30.